The highest BCUT2D eigenvalue weighted by Gasteiger charge is 2.36. The Balaban J connectivity index is 1.72. The number of pyridine rings is 1. The van der Waals surface area contributed by atoms with Crippen molar-refractivity contribution >= 4 is 23.2 Å². The summed E-state index contributed by atoms with van der Waals surface area (Å²) in [5, 5.41) is 2.79. The van der Waals surface area contributed by atoms with E-state index >= 15 is 0 Å². The second-order valence-corrected chi connectivity index (χ2v) is 6.02. The van der Waals surface area contributed by atoms with Crippen LogP contribution in [0, 0.1) is 5.92 Å². The number of carbonyl (C=O) groups is 2. The van der Waals surface area contributed by atoms with E-state index in [2.05, 4.69) is 10.3 Å². The molecule has 1 saturated heterocycles. The summed E-state index contributed by atoms with van der Waals surface area (Å²) < 4.78 is 15.5. The van der Waals surface area contributed by atoms with Gasteiger partial charge in [-0.05, 0) is 18.2 Å². The number of hydrogen-bond donors (Lipinski definition) is 1. The zero-order valence-electron chi connectivity index (χ0n) is 15.4. The molecule has 8 nitrogen and oxygen atoms in total. The van der Waals surface area contributed by atoms with Crippen LogP contribution < -0.4 is 24.4 Å². The number of anilines is 2. The summed E-state index contributed by atoms with van der Waals surface area (Å²) in [5.41, 5.74) is 1.17. The molecule has 1 aromatic carbocycles. The van der Waals surface area contributed by atoms with Crippen molar-refractivity contribution in [2.24, 2.45) is 5.92 Å². The van der Waals surface area contributed by atoms with E-state index in [1.165, 1.54) is 20.4 Å². The van der Waals surface area contributed by atoms with Gasteiger partial charge in [-0.1, -0.05) is 0 Å². The minimum atomic E-state index is -0.466. The second kappa shape index (κ2) is 7.94. The molecule has 2 aromatic rings. The predicted molar refractivity (Wildman–Crippen MR) is 99.4 cm³/mol. The predicted octanol–water partition coefficient (Wildman–Crippen LogP) is 2.10. The van der Waals surface area contributed by atoms with E-state index in [0.717, 1.165) is 0 Å². The molecule has 2 heterocycles. The molecular formula is C19H21N3O5. The Morgan fingerprint density at radius 1 is 1.15 bits per heavy atom. The molecule has 0 unspecified atom stereocenters. The summed E-state index contributed by atoms with van der Waals surface area (Å²) in [7, 11) is 4.61. The van der Waals surface area contributed by atoms with Gasteiger partial charge in [0, 0.05) is 25.1 Å². The molecule has 8 heteroatoms. The fourth-order valence-electron chi connectivity index (χ4n) is 2.94. The molecule has 1 N–H and O–H groups in total. The molecule has 1 aliphatic heterocycles. The van der Waals surface area contributed by atoms with Gasteiger partial charge in [-0.15, -0.1) is 0 Å². The molecule has 2 amide bonds. The maximum atomic E-state index is 12.5. The van der Waals surface area contributed by atoms with Gasteiger partial charge in [-0.25, -0.2) is 4.98 Å². The molecule has 0 saturated carbocycles. The Bertz CT molecular complexity index is 838. The number of nitrogens with one attached hydrogen (secondary N) is 1. The van der Waals surface area contributed by atoms with E-state index in [-0.39, 0.29) is 24.8 Å². The van der Waals surface area contributed by atoms with Crippen LogP contribution >= 0.6 is 0 Å². The van der Waals surface area contributed by atoms with Crippen LogP contribution in [0.15, 0.2) is 36.5 Å². The highest BCUT2D eigenvalue weighted by Crippen LogP contribution is 2.36. The molecule has 1 fully saturated rings. The van der Waals surface area contributed by atoms with Crippen LogP contribution in [0.1, 0.15) is 6.42 Å². The van der Waals surface area contributed by atoms with E-state index in [9.17, 15) is 9.59 Å². The summed E-state index contributed by atoms with van der Waals surface area (Å²) in [4.78, 5) is 30.6. The Labute approximate surface area is 157 Å². The number of ether oxygens (including phenoxy) is 3. The number of carbonyl (C=O) groups excluding carboxylic acids is 2. The molecule has 0 spiro atoms. The van der Waals surface area contributed by atoms with Crippen LogP contribution in [0.2, 0.25) is 0 Å². The Morgan fingerprint density at radius 2 is 1.96 bits per heavy atom. The first-order valence-electron chi connectivity index (χ1n) is 8.39. The summed E-state index contributed by atoms with van der Waals surface area (Å²) >= 11 is 0. The van der Waals surface area contributed by atoms with Crippen LogP contribution in [0.5, 0.6) is 17.4 Å². The molecule has 0 aliphatic carbocycles. The number of methoxy groups -OCH3 is 3. The normalized spacial score (nSPS) is 16.2. The summed E-state index contributed by atoms with van der Waals surface area (Å²) in [6, 6.07) is 8.57. The van der Waals surface area contributed by atoms with Gasteiger partial charge in [0.15, 0.2) is 0 Å². The van der Waals surface area contributed by atoms with Crippen molar-refractivity contribution in [1.82, 2.24) is 4.98 Å². The lowest BCUT2D eigenvalue weighted by molar-refractivity contribution is -0.122. The molecule has 1 aromatic heterocycles. The lowest BCUT2D eigenvalue weighted by atomic mass is 10.1. The summed E-state index contributed by atoms with van der Waals surface area (Å²) in [6.45, 7) is 0.275. The number of rotatable bonds is 6. The average Bonchev–Trinajstić information content (AvgIpc) is 3.09. The van der Waals surface area contributed by atoms with Gasteiger partial charge in [0.05, 0.1) is 44.8 Å². The van der Waals surface area contributed by atoms with Gasteiger partial charge < -0.3 is 24.4 Å². The largest absolute Gasteiger partial charge is 0.497 e. The van der Waals surface area contributed by atoms with Crippen molar-refractivity contribution in [3.63, 3.8) is 0 Å². The number of nitrogens with zero attached hydrogens (tertiary/aromatic N) is 2. The fourth-order valence-corrected chi connectivity index (χ4v) is 2.94. The molecule has 0 bridgehead atoms. The first-order valence-corrected chi connectivity index (χ1v) is 8.39. The summed E-state index contributed by atoms with van der Waals surface area (Å²) in [5.74, 6) is 0.775. The van der Waals surface area contributed by atoms with Crippen molar-refractivity contribution in [3.05, 3.63) is 36.5 Å². The summed E-state index contributed by atoms with van der Waals surface area (Å²) in [6.07, 6.45) is 1.64. The molecule has 3 rings (SSSR count). The van der Waals surface area contributed by atoms with Crippen LogP contribution in [-0.4, -0.2) is 44.7 Å². The smallest absolute Gasteiger partial charge is 0.229 e. The van der Waals surface area contributed by atoms with Gasteiger partial charge in [0.2, 0.25) is 17.7 Å². The number of hydrogen-bond acceptors (Lipinski definition) is 6. The highest BCUT2D eigenvalue weighted by molar-refractivity contribution is 6.04. The third-order valence-electron chi connectivity index (χ3n) is 4.39. The maximum Gasteiger partial charge on any atom is 0.229 e. The van der Waals surface area contributed by atoms with Gasteiger partial charge in [0.25, 0.3) is 0 Å². The van der Waals surface area contributed by atoms with E-state index in [0.29, 0.717) is 28.8 Å². The van der Waals surface area contributed by atoms with E-state index in [1.54, 1.807) is 42.3 Å². The maximum absolute atomic E-state index is 12.5. The zero-order chi connectivity index (χ0) is 19.4. The Hall–Kier alpha value is -3.29. The third-order valence-corrected chi connectivity index (χ3v) is 4.39. The minimum Gasteiger partial charge on any atom is -0.497 e. The van der Waals surface area contributed by atoms with Crippen LogP contribution in [0.25, 0.3) is 0 Å². The van der Waals surface area contributed by atoms with Crippen molar-refractivity contribution in [3.8, 4) is 17.4 Å². The molecule has 142 valence electrons. The van der Waals surface area contributed by atoms with Crippen LogP contribution in [0.4, 0.5) is 11.4 Å². The Kier molecular flexibility index (Phi) is 5.44. The highest BCUT2D eigenvalue weighted by atomic mass is 16.5. The number of amides is 2. The van der Waals surface area contributed by atoms with E-state index in [4.69, 9.17) is 14.2 Å². The van der Waals surface area contributed by atoms with Gasteiger partial charge in [-0.2, -0.15) is 0 Å². The topological polar surface area (TPSA) is 90.0 Å². The molecule has 1 atom stereocenters. The number of aromatic nitrogens is 1. The molecule has 27 heavy (non-hydrogen) atoms. The Morgan fingerprint density at radius 3 is 2.59 bits per heavy atom. The van der Waals surface area contributed by atoms with E-state index in [1.807, 2.05) is 0 Å². The van der Waals surface area contributed by atoms with Gasteiger partial charge >= 0.3 is 0 Å². The first-order chi connectivity index (χ1) is 13.0. The number of benzene rings is 1. The monoisotopic (exact) mass is 371 g/mol. The third kappa shape index (κ3) is 3.94. The van der Waals surface area contributed by atoms with Crippen LogP contribution in [0.3, 0.4) is 0 Å². The van der Waals surface area contributed by atoms with Crippen molar-refractivity contribution in [2.75, 3.05) is 38.1 Å². The SMILES string of the molecule is COc1ccc(N2C[C@H](C(=O)Nc3ccc(OC)nc3)CC2=O)c(OC)c1. The first kappa shape index (κ1) is 18.5. The fraction of sp³-hybridized carbons (Fsp3) is 0.316. The van der Waals surface area contributed by atoms with Crippen molar-refractivity contribution < 1.29 is 23.8 Å². The second-order valence-electron chi connectivity index (χ2n) is 6.02. The average molecular weight is 371 g/mol. The van der Waals surface area contributed by atoms with Crippen molar-refractivity contribution in [1.29, 1.82) is 0 Å². The van der Waals surface area contributed by atoms with Crippen molar-refractivity contribution in [2.45, 2.75) is 6.42 Å². The molecule has 0 radical (unpaired) electrons. The molecular weight excluding hydrogens is 350 g/mol. The van der Waals surface area contributed by atoms with Gasteiger partial charge in [0.1, 0.15) is 11.5 Å². The quantitative estimate of drug-likeness (QED) is 0.836. The van der Waals surface area contributed by atoms with E-state index < -0.39 is 5.92 Å². The lowest BCUT2D eigenvalue weighted by Gasteiger charge is -2.20. The lowest BCUT2D eigenvalue weighted by Crippen LogP contribution is -2.28. The minimum absolute atomic E-state index is 0.130. The van der Waals surface area contributed by atoms with Crippen LogP contribution in [-0.2, 0) is 9.59 Å². The van der Waals surface area contributed by atoms with Gasteiger partial charge in [-0.3, -0.25) is 9.59 Å². The standard InChI is InChI=1S/C19H21N3O5/c1-25-14-5-6-15(16(9-14)26-2)22-11-12(8-18(22)23)19(24)21-13-4-7-17(27-3)20-10-13/h4-7,9-10,12H,8,11H2,1-3H3,(H,21,24)/t12-/m1/s1. The zero-order valence-corrected chi connectivity index (χ0v) is 15.4. The molecule has 1 aliphatic rings.